The van der Waals surface area contributed by atoms with Crippen molar-refractivity contribution in [2.75, 3.05) is 0 Å². The number of benzene rings is 2. The summed E-state index contributed by atoms with van der Waals surface area (Å²) in [6.07, 6.45) is 0. The largest absolute Gasteiger partial charge is 0.302 e. The van der Waals surface area contributed by atoms with Crippen molar-refractivity contribution in [3.8, 4) is 11.4 Å². The summed E-state index contributed by atoms with van der Waals surface area (Å²) in [5.41, 5.74) is 1.71. The summed E-state index contributed by atoms with van der Waals surface area (Å²) in [7, 11) is 0. The van der Waals surface area contributed by atoms with Gasteiger partial charge in [0.15, 0.2) is 11.0 Å². The van der Waals surface area contributed by atoms with Crippen LogP contribution in [0.3, 0.4) is 0 Å². The van der Waals surface area contributed by atoms with E-state index in [-0.39, 0.29) is 11.6 Å². The number of hydrogen-bond acceptors (Lipinski definition) is 3. The van der Waals surface area contributed by atoms with Gasteiger partial charge < -0.3 is 4.57 Å². The van der Waals surface area contributed by atoms with Gasteiger partial charge in [0, 0.05) is 17.9 Å². The van der Waals surface area contributed by atoms with Gasteiger partial charge in [-0.25, -0.2) is 8.78 Å². The van der Waals surface area contributed by atoms with E-state index in [2.05, 4.69) is 10.2 Å². The second-order valence-corrected chi connectivity index (χ2v) is 5.92. The van der Waals surface area contributed by atoms with Crippen LogP contribution in [0.5, 0.6) is 0 Å². The summed E-state index contributed by atoms with van der Waals surface area (Å²) in [5, 5.41) is 9.18. The standard InChI is InChI=1S/C17H15F2N3S/c1-2-22-16(13-6-8-14(18)9-7-13)20-21-17(22)23-11-12-4-3-5-15(19)10-12/h3-10H,2,11H2,1H3. The van der Waals surface area contributed by atoms with E-state index < -0.39 is 0 Å². The molecule has 0 amide bonds. The first kappa shape index (κ1) is 15.7. The molecule has 0 N–H and O–H groups in total. The average Bonchev–Trinajstić information content (AvgIpc) is 2.96. The molecule has 1 aromatic heterocycles. The minimum absolute atomic E-state index is 0.243. The van der Waals surface area contributed by atoms with E-state index in [9.17, 15) is 8.78 Å². The molecule has 2 aromatic carbocycles. The maximum Gasteiger partial charge on any atom is 0.191 e. The highest BCUT2D eigenvalue weighted by molar-refractivity contribution is 7.98. The number of nitrogens with zero attached hydrogens (tertiary/aromatic N) is 3. The van der Waals surface area contributed by atoms with Gasteiger partial charge >= 0.3 is 0 Å². The van der Waals surface area contributed by atoms with Gasteiger partial charge in [-0.2, -0.15) is 0 Å². The highest BCUT2D eigenvalue weighted by Gasteiger charge is 2.13. The predicted octanol–water partition coefficient (Wildman–Crippen LogP) is 4.54. The van der Waals surface area contributed by atoms with E-state index in [4.69, 9.17) is 0 Å². The van der Waals surface area contributed by atoms with Crippen LogP contribution in [-0.2, 0) is 12.3 Å². The normalized spacial score (nSPS) is 10.9. The predicted molar refractivity (Wildman–Crippen MR) is 87.1 cm³/mol. The maximum absolute atomic E-state index is 13.2. The van der Waals surface area contributed by atoms with Gasteiger partial charge in [0.05, 0.1) is 0 Å². The minimum Gasteiger partial charge on any atom is -0.302 e. The molecule has 0 fully saturated rings. The summed E-state index contributed by atoms with van der Waals surface area (Å²) in [4.78, 5) is 0. The Morgan fingerprint density at radius 3 is 2.48 bits per heavy atom. The second kappa shape index (κ2) is 6.91. The van der Waals surface area contributed by atoms with Gasteiger partial charge in [0.1, 0.15) is 11.6 Å². The van der Waals surface area contributed by atoms with E-state index in [1.807, 2.05) is 17.6 Å². The Kier molecular flexibility index (Phi) is 4.71. The monoisotopic (exact) mass is 331 g/mol. The van der Waals surface area contributed by atoms with Gasteiger partial charge in [-0.05, 0) is 48.9 Å². The zero-order chi connectivity index (χ0) is 16.2. The first-order valence-corrected chi connectivity index (χ1v) is 8.22. The molecule has 0 aliphatic carbocycles. The van der Waals surface area contributed by atoms with Crippen molar-refractivity contribution in [1.82, 2.24) is 14.8 Å². The zero-order valence-corrected chi connectivity index (χ0v) is 13.4. The van der Waals surface area contributed by atoms with E-state index in [1.165, 1.54) is 36.0 Å². The molecule has 118 valence electrons. The van der Waals surface area contributed by atoms with Crippen molar-refractivity contribution in [1.29, 1.82) is 0 Å². The Morgan fingerprint density at radius 2 is 1.78 bits per heavy atom. The SMILES string of the molecule is CCn1c(SCc2cccc(F)c2)nnc1-c1ccc(F)cc1. The molecule has 3 aromatic rings. The third-order valence-electron chi connectivity index (χ3n) is 3.39. The van der Waals surface area contributed by atoms with E-state index >= 15 is 0 Å². The van der Waals surface area contributed by atoms with Crippen LogP contribution in [-0.4, -0.2) is 14.8 Å². The number of thioether (sulfide) groups is 1. The van der Waals surface area contributed by atoms with Gasteiger partial charge in [0.2, 0.25) is 0 Å². The second-order valence-electron chi connectivity index (χ2n) is 4.98. The molecule has 0 bridgehead atoms. The molecule has 0 saturated heterocycles. The molecule has 3 rings (SSSR count). The van der Waals surface area contributed by atoms with E-state index in [1.54, 1.807) is 18.2 Å². The number of rotatable bonds is 5. The van der Waals surface area contributed by atoms with Crippen molar-refractivity contribution in [3.63, 3.8) is 0 Å². The molecule has 0 radical (unpaired) electrons. The topological polar surface area (TPSA) is 30.7 Å². The Labute approximate surface area is 137 Å². The number of halogens is 2. The van der Waals surface area contributed by atoms with Crippen molar-refractivity contribution in [2.24, 2.45) is 0 Å². The Balaban J connectivity index is 1.82. The fourth-order valence-corrected chi connectivity index (χ4v) is 3.21. The third-order valence-corrected chi connectivity index (χ3v) is 4.43. The quantitative estimate of drug-likeness (QED) is 0.643. The van der Waals surface area contributed by atoms with Crippen molar-refractivity contribution in [2.45, 2.75) is 24.4 Å². The molecule has 0 saturated carbocycles. The molecule has 0 unspecified atom stereocenters. The fraction of sp³-hybridized carbons (Fsp3) is 0.176. The van der Waals surface area contributed by atoms with Crippen LogP contribution in [0.2, 0.25) is 0 Å². The highest BCUT2D eigenvalue weighted by Crippen LogP contribution is 2.26. The molecule has 3 nitrogen and oxygen atoms in total. The lowest BCUT2D eigenvalue weighted by molar-refractivity contribution is 0.626. The van der Waals surface area contributed by atoms with E-state index in [0.29, 0.717) is 18.1 Å². The number of hydrogen-bond donors (Lipinski definition) is 0. The van der Waals surface area contributed by atoms with Crippen LogP contribution >= 0.6 is 11.8 Å². The molecular weight excluding hydrogens is 316 g/mol. The van der Waals surface area contributed by atoms with Gasteiger partial charge in [0.25, 0.3) is 0 Å². The molecular formula is C17H15F2N3S. The van der Waals surface area contributed by atoms with E-state index in [0.717, 1.165) is 16.3 Å². The highest BCUT2D eigenvalue weighted by atomic mass is 32.2. The summed E-state index contributed by atoms with van der Waals surface area (Å²) >= 11 is 1.50. The summed E-state index contributed by atoms with van der Waals surface area (Å²) in [6, 6.07) is 12.7. The maximum atomic E-state index is 13.2. The van der Waals surface area contributed by atoms with Crippen molar-refractivity contribution in [3.05, 3.63) is 65.7 Å². The third kappa shape index (κ3) is 3.59. The lowest BCUT2D eigenvalue weighted by atomic mass is 10.2. The minimum atomic E-state index is -0.281. The lowest BCUT2D eigenvalue weighted by Gasteiger charge is -2.07. The molecule has 0 aliphatic heterocycles. The smallest absolute Gasteiger partial charge is 0.191 e. The molecule has 23 heavy (non-hydrogen) atoms. The Hall–Kier alpha value is -2.21. The first-order valence-electron chi connectivity index (χ1n) is 7.23. The summed E-state index contributed by atoms with van der Waals surface area (Å²) in [5.74, 6) is 0.789. The lowest BCUT2D eigenvalue weighted by Crippen LogP contribution is -2.00. The van der Waals surface area contributed by atoms with Crippen LogP contribution in [0.15, 0.2) is 53.7 Å². The Bertz CT molecular complexity index is 800. The molecule has 1 heterocycles. The van der Waals surface area contributed by atoms with Crippen molar-refractivity contribution < 1.29 is 8.78 Å². The molecule has 0 spiro atoms. The Morgan fingerprint density at radius 1 is 1.00 bits per heavy atom. The van der Waals surface area contributed by atoms with Crippen molar-refractivity contribution >= 4 is 11.8 Å². The zero-order valence-electron chi connectivity index (χ0n) is 12.5. The van der Waals surface area contributed by atoms with Gasteiger partial charge in [-0.3, -0.25) is 0 Å². The molecule has 0 atom stereocenters. The van der Waals surface area contributed by atoms with Gasteiger partial charge in [-0.1, -0.05) is 23.9 Å². The van der Waals surface area contributed by atoms with Crippen LogP contribution in [0.4, 0.5) is 8.78 Å². The number of aromatic nitrogens is 3. The summed E-state index contributed by atoms with van der Waals surface area (Å²) < 4.78 is 28.2. The van der Waals surface area contributed by atoms with Crippen LogP contribution in [0.25, 0.3) is 11.4 Å². The summed E-state index contributed by atoms with van der Waals surface area (Å²) in [6.45, 7) is 2.70. The van der Waals surface area contributed by atoms with Crippen LogP contribution in [0, 0.1) is 11.6 Å². The van der Waals surface area contributed by atoms with Crippen LogP contribution < -0.4 is 0 Å². The van der Waals surface area contributed by atoms with Crippen LogP contribution in [0.1, 0.15) is 12.5 Å². The molecule has 6 heteroatoms. The molecule has 0 aliphatic rings. The first-order chi connectivity index (χ1) is 11.2. The van der Waals surface area contributed by atoms with Gasteiger partial charge in [-0.15, -0.1) is 10.2 Å². The fourth-order valence-electron chi connectivity index (χ4n) is 2.27. The average molecular weight is 331 g/mol.